The molecule has 26 heavy (non-hydrogen) atoms. The van der Waals surface area contributed by atoms with E-state index in [1.807, 2.05) is 71.4 Å². The van der Waals surface area contributed by atoms with Crippen LogP contribution in [0.15, 0.2) is 60.1 Å². The predicted molar refractivity (Wildman–Crippen MR) is 107 cm³/mol. The Morgan fingerprint density at radius 2 is 2.04 bits per heavy atom. The highest BCUT2D eigenvalue weighted by Gasteiger charge is 2.13. The zero-order chi connectivity index (χ0) is 18.1. The number of amides is 1. The van der Waals surface area contributed by atoms with Crippen molar-refractivity contribution in [2.75, 3.05) is 5.32 Å². The van der Waals surface area contributed by atoms with Gasteiger partial charge in [0.25, 0.3) is 0 Å². The summed E-state index contributed by atoms with van der Waals surface area (Å²) in [4.78, 5) is 18.0. The van der Waals surface area contributed by atoms with Crippen molar-refractivity contribution in [3.8, 4) is 11.3 Å². The van der Waals surface area contributed by atoms with E-state index in [2.05, 4.69) is 10.3 Å². The average molecular weight is 382 g/mol. The molecule has 0 aliphatic carbocycles. The molecule has 0 saturated heterocycles. The Kier molecular flexibility index (Phi) is 4.49. The topological polar surface area (TPSA) is 46.4 Å². The van der Waals surface area contributed by atoms with Crippen molar-refractivity contribution in [3.63, 3.8) is 0 Å². The van der Waals surface area contributed by atoms with E-state index < -0.39 is 0 Å². The van der Waals surface area contributed by atoms with E-state index in [4.69, 9.17) is 11.6 Å². The molecule has 1 amide bonds. The summed E-state index contributed by atoms with van der Waals surface area (Å²) in [5.74, 6) is -0.106. The van der Waals surface area contributed by atoms with Crippen LogP contribution in [0.3, 0.4) is 0 Å². The van der Waals surface area contributed by atoms with Gasteiger partial charge in [0, 0.05) is 22.8 Å². The van der Waals surface area contributed by atoms with Gasteiger partial charge in [0.2, 0.25) is 5.91 Å². The van der Waals surface area contributed by atoms with Crippen molar-refractivity contribution in [2.45, 2.75) is 13.3 Å². The van der Waals surface area contributed by atoms with Crippen LogP contribution in [0.5, 0.6) is 0 Å². The van der Waals surface area contributed by atoms with E-state index in [1.54, 1.807) is 0 Å². The van der Waals surface area contributed by atoms with Crippen LogP contribution in [-0.4, -0.2) is 15.3 Å². The molecule has 0 unspecified atom stereocenters. The second kappa shape index (κ2) is 6.94. The summed E-state index contributed by atoms with van der Waals surface area (Å²) >= 11 is 7.72. The van der Waals surface area contributed by atoms with Gasteiger partial charge in [-0.2, -0.15) is 0 Å². The van der Waals surface area contributed by atoms with Gasteiger partial charge in [0.1, 0.15) is 0 Å². The molecular weight excluding hydrogens is 366 g/mol. The summed E-state index contributed by atoms with van der Waals surface area (Å²) < 4.78 is 1.98. The number of anilines is 1. The summed E-state index contributed by atoms with van der Waals surface area (Å²) in [6, 6.07) is 15.6. The molecule has 0 bridgehead atoms. The minimum Gasteiger partial charge on any atom is -0.324 e. The third-order valence-electron chi connectivity index (χ3n) is 4.09. The summed E-state index contributed by atoms with van der Waals surface area (Å²) in [5, 5.41) is 5.39. The Hall–Kier alpha value is -2.63. The maximum absolute atomic E-state index is 12.4. The Labute approximate surface area is 160 Å². The monoisotopic (exact) mass is 381 g/mol. The van der Waals surface area contributed by atoms with Crippen LogP contribution < -0.4 is 5.32 Å². The summed E-state index contributed by atoms with van der Waals surface area (Å²) in [6.45, 7) is 1.96. The van der Waals surface area contributed by atoms with Crippen molar-refractivity contribution >= 4 is 39.5 Å². The first-order valence-electron chi connectivity index (χ1n) is 8.17. The molecule has 2 heterocycles. The lowest BCUT2D eigenvalue weighted by Gasteiger charge is -2.07. The predicted octanol–water partition coefficient (Wildman–Crippen LogP) is 5.21. The third kappa shape index (κ3) is 3.36. The van der Waals surface area contributed by atoms with Gasteiger partial charge in [-0.25, -0.2) is 4.98 Å². The third-order valence-corrected chi connectivity index (χ3v) is 5.29. The van der Waals surface area contributed by atoms with Crippen molar-refractivity contribution < 1.29 is 4.79 Å². The van der Waals surface area contributed by atoms with Gasteiger partial charge in [0.05, 0.1) is 22.8 Å². The fourth-order valence-electron chi connectivity index (χ4n) is 2.78. The highest BCUT2D eigenvalue weighted by atomic mass is 35.5. The Bertz CT molecular complexity index is 1090. The molecule has 2 aromatic carbocycles. The molecular formula is C20H16ClN3OS. The molecule has 0 atom stereocenters. The molecule has 4 nitrogen and oxygen atoms in total. The number of fused-ring (bicyclic) bond motifs is 1. The minimum atomic E-state index is -0.106. The van der Waals surface area contributed by atoms with Gasteiger partial charge >= 0.3 is 0 Å². The van der Waals surface area contributed by atoms with E-state index in [0.717, 1.165) is 27.5 Å². The van der Waals surface area contributed by atoms with Gasteiger partial charge in [-0.1, -0.05) is 48.0 Å². The quantitative estimate of drug-likeness (QED) is 0.527. The first-order valence-corrected chi connectivity index (χ1v) is 9.43. The second-order valence-electron chi connectivity index (χ2n) is 6.08. The highest BCUT2D eigenvalue weighted by molar-refractivity contribution is 7.15. The molecule has 4 aromatic rings. The Morgan fingerprint density at radius 3 is 2.81 bits per heavy atom. The van der Waals surface area contributed by atoms with Crippen LogP contribution in [0, 0.1) is 6.92 Å². The maximum Gasteiger partial charge on any atom is 0.230 e. The second-order valence-corrected chi connectivity index (χ2v) is 7.32. The first kappa shape index (κ1) is 16.8. The van der Waals surface area contributed by atoms with E-state index in [-0.39, 0.29) is 12.3 Å². The molecule has 0 aliphatic heterocycles. The normalized spacial score (nSPS) is 11.0. The number of hydrogen-bond acceptors (Lipinski definition) is 3. The zero-order valence-corrected chi connectivity index (χ0v) is 15.6. The van der Waals surface area contributed by atoms with Crippen LogP contribution >= 0.6 is 22.9 Å². The van der Waals surface area contributed by atoms with Crippen LogP contribution in [0.4, 0.5) is 5.69 Å². The van der Waals surface area contributed by atoms with E-state index >= 15 is 0 Å². The lowest BCUT2D eigenvalue weighted by atomic mass is 10.2. The number of imidazole rings is 1. The lowest BCUT2D eigenvalue weighted by molar-refractivity contribution is -0.115. The molecule has 0 spiro atoms. The summed E-state index contributed by atoms with van der Waals surface area (Å²) in [6.07, 6.45) is 2.23. The molecule has 2 aromatic heterocycles. The number of benzene rings is 2. The molecule has 130 valence electrons. The molecule has 0 aliphatic rings. The van der Waals surface area contributed by atoms with Gasteiger partial charge in [-0.3, -0.25) is 9.20 Å². The van der Waals surface area contributed by atoms with Crippen molar-refractivity contribution in [1.29, 1.82) is 0 Å². The number of thiazole rings is 1. The van der Waals surface area contributed by atoms with Crippen LogP contribution in [-0.2, 0) is 11.2 Å². The number of aryl methyl sites for hydroxylation is 1. The molecule has 1 N–H and O–H groups in total. The van der Waals surface area contributed by atoms with Crippen LogP contribution in [0.1, 0.15) is 11.3 Å². The van der Waals surface area contributed by atoms with Crippen LogP contribution in [0.25, 0.3) is 16.2 Å². The zero-order valence-electron chi connectivity index (χ0n) is 14.1. The summed E-state index contributed by atoms with van der Waals surface area (Å²) in [5.41, 5.74) is 4.55. The van der Waals surface area contributed by atoms with Crippen molar-refractivity contribution in [3.05, 3.63) is 76.4 Å². The number of nitrogens with one attached hydrogen (secondary N) is 1. The van der Waals surface area contributed by atoms with Crippen LogP contribution in [0.2, 0.25) is 5.02 Å². The standard InChI is InChI=1S/C20H16ClN3OS/c1-13-7-8-17(16(21)9-13)22-19(25)10-15-12-26-20-23-18(11-24(15)20)14-5-3-2-4-6-14/h2-9,11-12H,10H2,1H3,(H,22,25). The number of hydrogen-bond donors (Lipinski definition) is 1. The average Bonchev–Trinajstić information content (AvgIpc) is 3.20. The first-order chi connectivity index (χ1) is 12.6. The molecule has 0 fully saturated rings. The number of nitrogens with zero attached hydrogens (tertiary/aromatic N) is 2. The summed E-state index contributed by atoms with van der Waals surface area (Å²) in [7, 11) is 0. The van der Waals surface area contributed by atoms with Gasteiger partial charge < -0.3 is 5.32 Å². The van der Waals surface area contributed by atoms with Gasteiger partial charge in [0.15, 0.2) is 4.96 Å². The largest absolute Gasteiger partial charge is 0.324 e. The lowest BCUT2D eigenvalue weighted by Crippen LogP contribution is -2.15. The Balaban J connectivity index is 1.55. The van der Waals surface area contributed by atoms with Crippen molar-refractivity contribution in [1.82, 2.24) is 9.38 Å². The number of aromatic nitrogens is 2. The number of rotatable bonds is 4. The fourth-order valence-corrected chi connectivity index (χ4v) is 3.94. The fraction of sp³-hybridized carbons (Fsp3) is 0.100. The molecule has 0 saturated carbocycles. The molecule has 0 radical (unpaired) electrons. The number of carbonyl (C=O) groups is 1. The van der Waals surface area contributed by atoms with Gasteiger partial charge in [-0.15, -0.1) is 11.3 Å². The Morgan fingerprint density at radius 1 is 1.23 bits per heavy atom. The SMILES string of the molecule is Cc1ccc(NC(=O)Cc2csc3nc(-c4ccccc4)cn23)c(Cl)c1. The van der Waals surface area contributed by atoms with E-state index in [0.29, 0.717) is 10.7 Å². The van der Waals surface area contributed by atoms with E-state index in [9.17, 15) is 4.79 Å². The van der Waals surface area contributed by atoms with Gasteiger partial charge in [-0.05, 0) is 24.6 Å². The maximum atomic E-state index is 12.4. The van der Waals surface area contributed by atoms with E-state index in [1.165, 1.54) is 11.3 Å². The smallest absolute Gasteiger partial charge is 0.230 e. The molecule has 6 heteroatoms. The molecule has 4 rings (SSSR count). The van der Waals surface area contributed by atoms with Crippen molar-refractivity contribution in [2.24, 2.45) is 0 Å². The minimum absolute atomic E-state index is 0.106. The number of carbonyl (C=O) groups excluding carboxylic acids is 1. The highest BCUT2D eigenvalue weighted by Crippen LogP contribution is 2.25. The number of halogens is 1.